The molecule has 32 heavy (non-hydrogen) atoms. The standard InChI is InChI=1S/C22H26N4O6/c1-30-14-7-5-13(6-8-14)15-9-10-23-22(25-15)26-17-12-32-20-16(11-31-21(17)20)24-18(27)3-2-4-19(28)29/h5-10,16-17,20-21H,2-4,11-12H2,1H3,(H,24,27)(H,28,29)(H,23,25,26)/t16-,17-,20+,21+/m0/s1. The van der Waals surface area contributed by atoms with E-state index in [0.29, 0.717) is 25.6 Å². The Morgan fingerprint density at radius 1 is 1.09 bits per heavy atom. The molecule has 1 aromatic carbocycles. The molecule has 0 radical (unpaired) electrons. The van der Waals surface area contributed by atoms with Crippen molar-refractivity contribution < 1.29 is 28.9 Å². The van der Waals surface area contributed by atoms with Crippen molar-refractivity contribution >= 4 is 17.8 Å². The Balaban J connectivity index is 1.33. The number of methoxy groups -OCH3 is 1. The lowest BCUT2D eigenvalue weighted by Crippen LogP contribution is -2.44. The van der Waals surface area contributed by atoms with Gasteiger partial charge in [0.05, 0.1) is 38.1 Å². The molecule has 0 saturated carbocycles. The van der Waals surface area contributed by atoms with Gasteiger partial charge in [0, 0.05) is 24.6 Å². The molecule has 0 aliphatic carbocycles. The number of nitrogens with one attached hydrogen (secondary N) is 2. The van der Waals surface area contributed by atoms with E-state index in [0.717, 1.165) is 17.0 Å². The van der Waals surface area contributed by atoms with Crippen molar-refractivity contribution in [2.75, 3.05) is 25.6 Å². The number of hydrogen-bond acceptors (Lipinski definition) is 8. The van der Waals surface area contributed by atoms with E-state index in [-0.39, 0.29) is 43.0 Å². The molecule has 1 aromatic heterocycles. The Kier molecular flexibility index (Phi) is 6.81. The van der Waals surface area contributed by atoms with Gasteiger partial charge in [0.2, 0.25) is 11.9 Å². The second-order valence-electron chi connectivity index (χ2n) is 7.76. The number of nitrogens with zero attached hydrogens (tertiary/aromatic N) is 2. The van der Waals surface area contributed by atoms with Gasteiger partial charge in [-0.2, -0.15) is 0 Å². The average molecular weight is 442 g/mol. The number of carboxylic acid groups (broad SMARTS) is 1. The van der Waals surface area contributed by atoms with Crippen LogP contribution in [0.25, 0.3) is 11.3 Å². The Hall–Kier alpha value is -3.24. The highest BCUT2D eigenvalue weighted by atomic mass is 16.6. The summed E-state index contributed by atoms with van der Waals surface area (Å²) in [4.78, 5) is 31.6. The lowest BCUT2D eigenvalue weighted by atomic mass is 10.1. The fraction of sp³-hybridized carbons (Fsp3) is 0.455. The van der Waals surface area contributed by atoms with Crippen LogP contribution in [0.3, 0.4) is 0 Å². The maximum absolute atomic E-state index is 12.1. The quantitative estimate of drug-likeness (QED) is 0.528. The van der Waals surface area contributed by atoms with Crippen molar-refractivity contribution in [1.82, 2.24) is 15.3 Å². The summed E-state index contributed by atoms with van der Waals surface area (Å²) < 4.78 is 17.0. The fourth-order valence-electron chi connectivity index (χ4n) is 3.94. The normalized spacial score (nSPS) is 24.0. The lowest BCUT2D eigenvalue weighted by molar-refractivity contribution is -0.137. The van der Waals surface area contributed by atoms with Crippen molar-refractivity contribution in [3.05, 3.63) is 36.5 Å². The molecule has 170 valence electrons. The number of aliphatic carboxylic acids is 1. The van der Waals surface area contributed by atoms with Crippen molar-refractivity contribution in [2.45, 2.75) is 43.6 Å². The van der Waals surface area contributed by atoms with Gasteiger partial charge in [-0.15, -0.1) is 0 Å². The molecule has 10 heteroatoms. The van der Waals surface area contributed by atoms with E-state index in [2.05, 4.69) is 20.6 Å². The second kappa shape index (κ2) is 9.92. The van der Waals surface area contributed by atoms with Crippen LogP contribution in [0.1, 0.15) is 19.3 Å². The van der Waals surface area contributed by atoms with Gasteiger partial charge in [-0.05, 0) is 36.8 Å². The number of carboxylic acids is 1. The minimum atomic E-state index is -0.909. The third kappa shape index (κ3) is 5.14. The monoisotopic (exact) mass is 442 g/mol. The van der Waals surface area contributed by atoms with Crippen molar-refractivity contribution in [3.63, 3.8) is 0 Å². The minimum Gasteiger partial charge on any atom is -0.497 e. The zero-order valence-corrected chi connectivity index (χ0v) is 17.7. The van der Waals surface area contributed by atoms with Gasteiger partial charge in [0.1, 0.15) is 18.0 Å². The molecule has 2 aliphatic heterocycles. The summed E-state index contributed by atoms with van der Waals surface area (Å²) in [6, 6.07) is 9.04. The first-order valence-corrected chi connectivity index (χ1v) is 10.5. The van der Waals surface area contributed by atoms with Crippen LogP contribution in [0.5, 0.6) is 5.75 Å². The third-order valence-electron chi connectivity index (χ3n) is 5.55. The Morgan fingerprint density at radius 3 is 2.53 bits per heavy atom. The molecule has 2 aliphatic rings. The number of fused-ring (bicyclic) bond motifs is 1. The number of amides is 1. The SMILES string of the molecule is COc1ccc(-c2ccnc(N[C@H]3CO[C@H]4[C@@H]3OC[C@@H]4NC(=O)CCCC(=O)O)n2)cc1. The third-order valence-corrected chi connectivity index (χ3v) is 5.55. The molecule has 2 fully saturated rings. The summed E-state index contributed by atoms with van der Waals surface area (Å²) >= 11 is 0. The Labute approximate surface area is 185 Å². The highest BCUT2D eigenvalue weighted by Crippen LogP contribution is 2.29. The van der Waals surface area contributed by atoms with Crippen LogP contribution in [0.4, 0.5) is 5.95 Å². The molecule has 3 N–H and O–H groups in total. The molecule has 10 nitrogen and oxygen atoms in total. The molecular formula is C22H26N4O6. The van der Waals surface area contributed by atoms with Crippen molar-refractivity contribution in [1.29, 1.82) is 0 Å². The molecule has 2 aromatic rings. The predicted molar refractivity (Wildman–Crippen MR) is 114 cm³/mol. The van der Waals surface area contributed by atoms with Crippen LogP contribution in [-0.2, 0) is 19.1 Å². The van der Waals surface area contributed by atoms with Gasteiger partial charge in [0.25, 0.3) is 0 Å². The van der Waals surface area contributed by atoms with Crippen LogP contribution in [-0.4, -0.2) is 71.6 Å². The smallest absolute Gasteiger partial charge is 0.303 e. The first-order valence-electron chi connectivity index (χ1n) is 10.5. The molecule has 4 rings (SSSR count). The van der Waals surface area contributed by atoms with Crippen LogP contribution in [0.2, 0.25) is 0 Å². The van der Waals surface area contributed by atoms with E-state index in [1.807, 2.05) is 30.3 Å². The first-order chi connectivity index (χ1) is 15.5. The van der Waals surface area contributed by atoms with Gasteiger partial charge in [-0.1, -0.05) is 0 Å². The number of rotatable bonds is 9. The molecule has 0 bridgehead atoms. The maximum atomic E-state index is 12.1. The highest BCUT2D eigenvalue weighted by Gasteiger charge is 2.48. The zero-order chi connectivity index (χ0) is 22.5. The van der Waals surface area contributed by atoms with E-state index in [1.165, 1.54) is 0 Å². The molecule has 3 heterocycles. The van der Waals surface area contributed by atoms with Gasteiger partial charge in [0.15, 0.2) is 0 Å². The number of anilines is 1. The highest BCUT2D eigenvalue weighted by molar-refractivity contribution is 5.77. The summed E-state index contributed by atoms with van der Waals surface area (Å²) in [5.74, 6) is 0.138. The number of aromatic nitrogens is 2. The second-order valence-corrected chi connectivity index (χ2v) is 7.76. The number of carbonyl (C=O) groups excluding carboxylic acids is 1. The fourth-order valence-corrected chi connectivity index (χ4v) is 3.94. The number of ether oxygens (including phenoxy) is 3. The summed E-state index contributed by atoms with van der Waals surface area (Å²) in [6.07, 6.45) is 1.61. The lowest BCUT2D eigenvalue weighted by Gasteiger charge is -2.18. The van der Waals surface area contributed by atoms with E-state index >= 15 is 0 Å². The molecule has 0 spiro atoms. The molecule has 0 unspecified atom stereocenters. The van der Waals surface area contributed by atoms with Gasteiger partial charge in [-0.3, -0.25) is 9.59 Å². The van der Waals surface area contributed by atoms with Crippen LogP contribution >= 0.6 is 0 Å². The zero-order valence-electron chi connectivity index (χ0n) is 17.7. The summed E-state index contributed by atoms with van der Waals surface area (Å²) in [5.41, 5.74) is 1.72. The predicted octanol–water partition coefficient (Wildman–Crippen LogP) is 1.47. The van der Waals surface area contributed by atoms with Crippen LogP contribution in [0.15, 0.2) is 36.5 Å². The number of carbonyl (C=O) groups is 2. The van der Waals surface area contributed by atoms with Crippen molar-refractivity contribution in [3.8, 4) is 17.0 Å². The Morgan fingerprint density at radius 2 is 1.81 bits per heavy atom. The van der Waals surface area contributed by atoms with E-state index in [4.69, 9.17) is 19.3 Å². The van der Waals surface area contributed by atoms with Gasteiger partial charge >= 0.3 is 5.97 Å². The van der Waals surface area contributed by atoms with E-state index in [1.54, 1.807) is 13.3 Å². The maximum Gasteiger partial charge on any atom is 0.303 e. The van der Waals surface area contributed by atoms with Crippen LogP contribution < -0.4 is 15.4 Å². The van der Waals surface area contributed by atoms with Crippen LogP contribution in [0, 0.1) is 0 Å². The largest absolute Gasteiger partial charge is 0.497 e. The van der Waals surface area contributed by atoms with E-state index in [9.17, 15) is 9.59 Å². The first kappa shape index (κ1) is 22.0. The average Bonchev–Trinajstić information content (AvgIpc) is 3.37. The van der Waals surface area contributed by atoms with Gasteiger partial charge in [-0.25, -0.2) is 9.97 Å². The summed E-state index contributed by atoms with van der Waals surface area (Å²) in [7, 11) is 1.62. The Bertz CT molecular complexity index is 954. The molecule has 1 amide bonds. The van der Waals surface area contributed by atoms with E-state index < -0.39 is 5.97 Å². The summed E-state index contributed by atoms with van der Waals surface area (Å²) in [5, 5.41) is 14.9. The van der Waals surface area contributed by atoms with Crippen molar-refractivity contribution in [2.24, 2.45) is 0 Å². The number of benzene rings is 1. The number of hydrogen-bond donors (Lipinski definition) is 3. The molecule has 2 saturated heterocycles. The summed E-state index contributed by atoms with van der Waals surface area (Å²) in [6.45, 7) is 0.738. The minimum absolute atomic E-state index is 0.0290. The molecule has 4 atom stereocenters. The molecular weight excluding hydrogens is 416 g/mol. The van der Waals surface area contributed by atoms with Gasteiger partial charge < -0.3 is 30.0 Å². The topological polar surface area (TPSA) is 132 Å².